The van der Waals surface area contributed by atoms with Gasteiger partial charge in [0, 0.05) is 10.0 Å². The molecule has 0 saturated heterocycles. The molecule has 0 fully saturated rings. The van der Waals surface area contributed by atoms with Gasteiger partial charge in [-0.2, -0.15) is 9.50 Å². The van der Waals surface area contributed by atoms with E-state index in [2.05, 4.69) is 10.1 Å². The molecule has 4 rings (SSSR count). The Morgan fingerprint density at radius 2 is 1.77 bits per heavy atom. The maximum atomic E-state index is 12.5. The van der Waals surface area contributed by atoms with Gasteiger partial charge in [-0.05, 0) is 41.5 Å². The van der Waals surface area contributed by atoms with Crippen molar-refractivity contribution in [3.05, 3.63) is 90.4 Å². The summed E-state index contributed by atoms with van der Waals surface area (Å²) in [5, 5.41) is 5.54. The molecule has 0 radical (unpaired) electrons. The average Bonchev–Trinajstić information content (AvgIpc) is 3.16. The molecule has 26 heavy (non-hydrogen) atoms. The number of aromatic nitrogens is 3. The molecule has 0 aliphatic rings. The fraction of sp³-hybridized carbons (Fsp3) is 0. The van der Waals surface area contributed by atoms with Gasteiger partial charge in [-0.15, -0.1) is 5.10 Å². The van der Waals surface area contributed by atoms with Crippen molar-refractivity contribution in [2.45, 2.75) is 0 Å². The van der Waals surface area contributed by atoms with Crippen LogP contribution in [0.4, 0.5) is 0 Å². The monoisotopic (exact) mass is 399 g/mol. The van der Waals surface area contributed by atoms with Gasteiger partial charge in [-0.25, -0.2) is 0 Å². The lowest BCUT2D eigenvalue weighted by molar-refractivity contribution is 0.925. The van der Waals surface area contributed by atoms with E-state index in [9.17, 15) is 4.79 Å². The second kappa shape index (κ2) is 7.03. The fourth-order valence-electron chi connectivity index (χ4n) is 2.40. The van der Waals surface area contributed by atoms with E-state index in [0.29, 0.717) is 25.4 Å². The van der Waals surface area contributed by atoms with E-state index in [4.69, 9.17) is 23.2 Å². The zero-order valence-corrected chi connectivity index (χ0v) is 15.6. The predicted molar refractivity (Wildman–Crippen MR) is 108 cm³/mol. The minimum absolute atomic E-state index is 0.205. The van der Waals surface area contributed by atoms with Crippen molar-refractivity contribution in [1.82, 2.24) is 14.6 Å². The maximum absolute atomic E-state index is 12.5. The molecule has 2 aromatic heterocycles. The van der Waals surface area contributed by atoms with Crippen LogP contribution in [-0.4, -0.2) is 14.6 Å². The molecule has 2 aromatic carbocycles. The molecule has 0 unspecified atom stereocenters. The van der Waals surface area contributed by atoms with Crippen molar-refractivity contribution in [2.75, 3.05) is 0 Å². The largest absolute Gasteiger partial charge is 0.291 e. The van der Waals surface area contributed by atoms with Gasteiger partial charge >= 0.3 is 0 Å². The molecule has 0 bridgehead atoms. The van der Waals surface area contributed by atoms with Crippen molar-refractivity contribution in [3.63, 3.8) is 0 Å². The van der Waals surface area contributed by atoms with Crippen LogP contribution in [0.5, 0.6) is 0 Å². The number of halogens is 2. The number of benzene rings is 2. The predicted octanol–water partition coefficient (Wildman–Crippen LogP) is 4.18. The molecule has 0 N–H and O–H groups in total. The van der Waals surface area contributed by atoms with Crippen LogP contribution >= 0.6 is 34.5 Å². The van der Waals surface area contributed by atoms with Gasteiger partial charge in [0.15, 0.2) is 5.82 Å². The van der Waals surface area contributed by atoms with Gasteiger partial charge in [-0.3, -0.25) is 4.79 Å². The zero-order chi connectivity index (χ0) is 18.1. The van der Waals surface area contributed by atoms with Crippen LogP contribution in [0, 0.1) is 0 Å². The summed E-state index contributed by atoms with van der Waals surface area (Å²) in [6, 6.07) is 14.8. The summed E-state index contributed by atoms with van der Waals surface area (Å²) in [7, 11) is 0. The molecule has 0 saturated carbocycles. The molecule has 2 heterocycles. The molecule has 0 aliphatic carbocycles. The Bertz CT molecular complexity index is 1230. The van der Waals surface area contributed by atoms with Crippen molar-refractivity contribution in [1.29, 1.82) is 0 Å². The van der Waals surface area contributed by atoms with Gasteiger partial charge in [-0.1, -0.05) is 70.9 Å². The SMILES string of the molecule is O=c1/c(=C/c2ccccc2Cl)sc2nc(/C=C/c3ccc(Cl)cc3)nn12. The quantitative estimate of drug-likeness (QED) is 0.519. The summed E-state index contributed by atoms with van der Waals surface area (Å²) in [5.74, 6) is 0.479. The number of hydrogen-bond acceptors (Lipinski definition) is 4. The number of fused-ring (bicyclic) bond motifs is 1. The number of nitrogens with zero attached hydrogens (tertiary/aromatic N) is 3. The Morgan fingerprint density at radius 3 is 2.50 bits per heavy atom. The fourth-order valence-corrected chi connectivity index (χ4v) is 3.62. The number of thiazole rings is 1. The summed E-state index contributed by atoms with van der Waals surface area (Å²) in [6.07, 6.45) is 5.39. The first-order chi connectivity index (χ1) is 12.6. The third-order valence-electron chi connectivity index (χ3n) is 3.68. The van der Waals surface area contributed by atoms with Crippen LogP contribution in [0.15, 0.2) is 53.3 Å². The summed E-state index contributed by atoms with van der Waals surface area (Å²) < 4.78 is 1.86. The lowest BCUT2D eigenvalue weighted by Gasteiger charge is -1.94. The molecule has 0 atom stereocenters. The van der Waals surface area contributed by atoms with Crippen LogP contribution in [0.3, 0.4) is 0 Å². The standard InChI is InChI=1S/C19H11Cl2N3OS/c20-14-8-5-12(6-9-14)7-10-17-22-19-24(23-17)18(25)16(26-19)11-13-3-1-2-4-15(13)21/h1-11H/b10-7+,16-11-. The minimum atomic E-state index is -0.205. The first-order valence-corrected chi connectivity index (χ1v) is 9.27. The van der Waals surface area contributed by atoms with E-state index in [-0.39, 0.29) is 5.56 Å². The number of rotatable bonds is 3. The highest BCUT2D eigenvalue weighted by Crippen LogP contribution is 2.16. The number of hydrogen-bond donors (Lipinski definition) is 0. The van der Waals surface area contributed by atoms with Crippen LogP contribution < -0.4 is 10.1 Å². The van der Waals surface area contributed by atoms with Gasteiger partial charge in [0.05, 0.1) is 4.53 Å². The second-order valence-electron chi connectivity index (χ2n) is 5.49. The normalized spacial score (nSPS) is 12.5. The third kappa shape index (κ3) is 3.42. The van der Waals surface area contributed by atoms with Gasteiger partial charge in [0.2, 0.25) is 4.96 Å². The topological polar surface area (TPSA) is 47.3 Å². The summed E-state index contributed by atoms with van der Waals surface area (Å²) in [6.45, 7) is 0. The average molecular weight is 400 g/mol. The molecule has 0 spiro atoms. The van der Waals surface area contributed by atoms with E-state index >= 15 is 0 Å². The lowest BCUT2D eigenvalue weighted by atomic mass is 10.2. The maximum Gasteiger partial charge on any atom is 0.291 e. The first-order valence-electron chi connectivity index (χ1n) is 7.70. The summed E-state index contributed by atoms with van der Waals surface area (Å²) >= 11 is 13.3. The highest BCUT2D eigenvalue weighted by atomic mass is 35.5. The van der Waals surface area contributed by atoms with Gasteiger partial charge in [0.25, 0.3) is 5.56 Å². The van der Waals surface area contributed by atoms with Gasteiger partial charge < -0.3 is 0 Å². The Labute approximate surface area is 162 Å². The molecule has 0 amide bonds. The summed E-state index contributed by atoms with van der Waals surface area (Å²) in [4.78, 5) is 17.5. The van der Waals surface area contributed by atoms with Crippen LogP contribution in [-0.2, 0) is 0 Å². The molecule has 4 nitrogen and oxygen atoms in total. The molecular weight excluding hydrogens is 389 g/mol. The first kappa shape index (κ1) is 17.0. The highest BCUT2D eigenvalue weighted by Gasteiger charge is 2.09. The van der Waals surface area contributed by atoms with Crippen molar-refractivity contribution >= 4 is 57.7 Å². The third-order valence-corrected chi connectivity index (χ3v) is 5.24. The van der Waals surface area contributed by atoms with E-state index in [1.165, 1.54) is 15.9 Å². The Morgan fingerprint density at radius 1 is 1.00 bits per heavy atom. The second-order valence-corrected chi connectivity index (χ2v) is 7.34. The van der Waals surface area contributed by atoms with E-state index in [1.54, 1.807) is 18.2 Å². The van der Waals surface area contributed by atoms with Crippen molar-refractivity contribution in [3.8, 4) is 0 Å². The summed E-state index contributed by atoms with van der Waals surface area (Å²) in [5.41, 5.74) is 1.56. The van der Waals surface area contributed by atoms with Crippen LogP contribution in [0.25, 0.3) is 23.2 Å². The van der Waals surface area contributed by atoms with E-state index in [1.807, 2.05) is 48.5 Å². The molecule has 128 valence electrons. The molecular formula is C19H11Cl2N3OS. The smallest absolute Gasteiger partial charge is 0.266 e. The van der Waals surface area contributed by atoms with Gasteiger partial charge in [0.1, 0.15) is 0 Å². The Hall–Kier alpha value is -2.47. The zero-order valence-electron chi connectivity index (χ0n) is 13.3. The van der Waals surface area contributed by atoms with Crippen LogP contribution in [0.2, 0.25) is 10.0 Å². The van der Waals surface area contributed by atoms with Crippen molar-refractivity contribution < 1.29 is 0 Å². The van der Waals surface area contributed by atoms with E-state index < -0.39 is 0 Å². The molecule has 0 aliphatic heterocycles. The highest BCUT2D eigenvalue weighted by molar-refractivity contribution is 7.15. The lowest BCUT2D eigenvalue weighted by Crippen LogP contribution is -2.23. The van der Waals surface area contributed by atoms with E-state index in [0.717, 1.165) is 11.1 Å². The minimum Gasteiger partial charge on any atom is -0.266 e. The Balaban J connectivity index is 1.69. The Kier molecular flexibility index (Phi) is 4.59. The van der Waals surface area contributed by atoms with Crippen molar-refractivity contribution in [2.24, 2.45) is 0 Å². The molecule has 4 aromatic rings. The molecule has 7 heteroatoms. The van der Waals surface area contributed by atoms with Crippen LogP contribution in [0.1, 0.15) is 17.0 Å².